The lowest BCUT2D eigenvalue weighted by Crippen LogP contribution is -2.40. The van der Waals surface area contributed by atoms with Gasteiger partial charge >= 0.3 is 5.97 Å². The van der Waals surface area contributed by atoms with Gasteiger partial charge in [-0.1, -0.05) is 50.2 Å². The molecule has 0 aromatic heterocycles. The molecular weight excluding hydrogens is 352 g/mol. The quantitative estimate of drug-likeness (QED) is 0.745. The second-order valence-electron chi connectivity index (χ2n) is 7.60. The maximum atomic E-state index is 12.5. The first-order valence-electron chi connectivity index (χ1n) is 10.2. The number of esters is 1. The number of carbonyl (C=O) groups excluding carboxylic acids is 2. The maximum Gasteiger partial charge on any atom is 0.323 e. The molecule has 0 aliphatic carbocycles. The monoisotopic (exact) mass is 382 g/mol. The van der Waals surface area contributed by atoms with Crippen LogP contribution >= 0.6 is 0 Å². The van der Waals surface area contributed by atoms with Gasteiger partial charge in [0.1, 0.15) is 6.04 Å². The number of carbonyl (C=O) groups is 2. The second kappa shape index (κ2) is 9.20. The first kappa shape index (κ1) is 20.3. The van der Waals surface area contributed by atoms with Crippen LogP contribution in [0.1, 0.15) is 38.7 Å². The molecule has 28 heavy (non-hydrogen) atoms. The Balaban J connectivity index is 1.73. The third kappa shape index (κ3) is 4.53. The Morgan fingerprint density at radius 1 is 1.14 bits per heavy atom. The van der Waals surface area contributed by atoms with Gasteiger partial charge in [0.25, 0.3) is 0 Å². The van der Waals surface area contributed by atoms with Crippen molar-refractivity contribution in [3.8, 4) is 0 Å². The molecule has 2 aromatic carbocycles. The number of hydrogen-bond donors (Lipinski definition) is 1. The zero-order chi connectivity index (χ0) is 20.1. The fraction of sp³-hybridized carbons (Fsp3) is 0.478. The molecule has 5 nitrogen and oxygen atoms in total. The van der Waals surface area contributed by atoms with E-state index in [1.165, 1.54) is 17.9 Å². The molecule has 2 atom stereocenters. The van der Waals surface area contributed by atoms with E-state index >= 15 is 0 Å². The highest BCUT2D eigenvalue weighted by Crippen LogP contribution is 2.24. The van der Waals surface area contributed by atoms with Crippen LogP contribution in [0, 0.1) is 5.92 Å². The molecule has 1 saturated heterocycles. The van der Waals surface area contributed by atoms with E-state index < -0.39 is 0 Å². The van der Waals surface area contributed by atoms with Crippen LogP contribution in [0.2, 0.25) is 0 Å². The molecule has 3 rings (SSSR count). The van der Waals surface area contributed by atoms with Crippen LogP contribution < -0.4 is 5.32 Å². The molecule has 1 amide bonds. The van der Waals surface area contributed by atoms with Crippen molar-refractivity contribution in [1.82, 2.24) is 10.2 Å². The van der Waals surface area contributed by atoms with Gasteiger partial charge in [-0.2, -0.15) is 0 Å². The van der Waals surface area contributed by atoms with Gasteiger partial charge in [0.2, 0.25) is 5.91 Å². The number of rotatable bonds is 7. The Morgan fingerprint density at radius 3 is 2.54 bits per heavy atom. The maximum absolute atomic E-state index is 12.5. The van der Waals surface area contributed by atoms with Crippen LogP contribution in [-0.4, -0.2) is 42.5 Å². The first-order chi connectivity index (χ1) is 13.5. The van der Waals surface area contributed by atoms with E-state index in [0.717, 1.165) is 18.4 Å². The molecule has 1 heterocycles. The van der Waals surface area contributed by atoms with Gasteiger partial charge in [0.05, 0.1) is 7.11 Å². The van der Waals surface area contributed by atoms with E-state index in [1.807, 2.05) is 26.0 Å². The summed E-state index contributed by atoms with van der Waals surface area (Å²) in [5.41, 5.74) is 1.15. The van der Waals surface area contributed by atoms with E-state index in [2.05, 4.69) is 40.5 Å². The lowest BCUT2D eigenvalue weighted by atomic mass is 10.0. The largest absolute Gasteiger partial charge is 0.468 e. The molecular formula is C23H30N2O3. The molecule has 2 aromatic rings. The normalized spacial score (nSPS) is 19.9. The number of likely N-dealkylation sites (tertiary alicyclic amines) is 1. The molecule has 1 N–H and O–H groups in total. The number of nitrogens with one attached hydrogen (secondary N) is 1. The summed E-state index contributed by atoms with van der Waals surface area (Å²) in [5.74, 6) is -0.114. The minimum Gasteiger partial charge on any atom is -0.468 e. The number of ether oxygens (including phenoxy) is 1. The third-order valence-electron chi connectivity index (χ3n) is 5.78. The van der Waals surface area contributed by atoms with E-state index in [1.54, 1.807) is 0 Å². The molecule has 0 unspecified atom stereocenters. The summed E-state index contributed by atoms with van der Waals surface area (Å²) in [6.07, 6.45) is 2.25. The van der Waals surface area contributed by atoms with Gasteiger partial charge < -0.3 is 10.1 Å². The number of nitrogens with zero attached hydrogens (tertiary/aromatic N) is 1. The Kier molecular flexibility index (Phi) is 6.68. The highest BCUT2D eigenvalue weighted by molar-refractivity contribution is 5.83. The van der Waals surface area contributed by atoms with Crippen molar-refractivity contribution in [3.05, 3.63) is 48.0 Å². The van der Waals surface area contributed by atoms with Gasteiger partial charge in [-0.25, -0.2) is 0 Å². The summed E-state index contributed by atoms with van der Waals surface area (Å²) in [5, 5.41) is 5.54. The fourth-order valence-corrected chi connectivity index (χ4v) is 4.11. The topological polar surface area (TPSA) is 58.6 Å². The number of methoxy groups -OCH3 is 1. The SMILES string of the molecule is CCC(CC)C(=O)N[C@@H]1C[C@@H](C(=O)OC)N(Cc2ccc3ccccc3c2)C1. The molecule has 1 aliphatic heterocycles. The van der Waals surface area contributed by atoms with E-state index in [-0.39, 0.29) is 29.9 Å². The van der Waals surface area contributed by atoms with E-state index in [9.17, 15) is 9.59 Å². The first-order valence-corrected chi connectivity index (χ1v) is 10.2. The zero-order valence-corrected chi connectivity index (χ0v) is 17.0. The van der Waals surface area contributed by atoms with Gasteiger partial charge in [-0.3, -0.25) is 14.5 Å². The molecule has 150 valence electrons. The molecule has 1 fully saturated rings. The highest BCUT2D eigenvalue weighted by atomic mass is 16.5. The van der Waals surface area contributed by atoms with Crippen LogP contribution in [-0.2, 0) is 20.9 Å². The number of amides is 1. The highest BCUT2D eigenvalue weighted by Gasteiger charge is 2.38. The standard InChI is InChI=1S/C23H30N2O3/c1-4-17(5-2)22(26)24-20-13-21(23(27)28-3)25(15-20)14-16-10-11-18-8-6-7-9-19(18)12-16/h6-12,17,20-21H,4-5,13-15H2,1-3H3,(H,24,26)/t20-,21+/m1/s1. The molecule has 5 heteroatoms. The molecule has 1 aliphatic rings. The Labute approximate surface area is 167 Å². The second-order valence-corrected chi connectivity index (χ2v) is 7.60. The molecule has 0 bridgehead atoms. The van der Waals surface area contributed by atoms with Crippen molar-refractivity contribution >= 4 is 22.6 Å². The van der Waals surface area contributed by atoms with E-state index in [4.69, 9.17) is 4.74 Å². The summed E-state index contributed by atoms with van der Waals surface area (Å²) < 4.78 is 5.02. The van der Waals surface area contributed by atoms with Crippen LogP contribution in [0.4, 0.5) is 0 Å². The van der Waals surface area contributed by atoms with Crippen molar-refractivity contribution in [3.63, 3.8) is 0 Å². The minimum absolute atomic E-state index is 0.0299. The van der Waals surface area contributed by atoms with Crippen LogP contribution in [0.15, 0.2) is 42.5 Å². The third-order valence-corrected chi connectivity index (χ3v) is 5.78. The molecule has 0 spiro atoms. The summed E-state index contributed by atoms with van der Waals surface area (Å²) in [7, 11) is 1.42. The van der Waals surface area contributed by atoms with Crippen molar-refractivity contribution in [2.75, 3.05) is 13.7 Å². The predicted molar refractivity (Wildman–Crippen MR) is 111 cm³/mol. The van der Waals surface area contributed by atoms with Gasteiger partial charge in [0.15, 0.2) is 0 Å². The van der Waals surface area contributed by atoms with Crippen LogP contribution in [0.3, 0.4) is 0 Å². The van der Waals surface area contributed by atoms with Crippen LogP contribution in [0.25, 0.3) is 10.8 Å². The van der Waals surface area contributed by atoms with Gasteiger partial charge in [-0.15, -0.1) is 0 Å². The Morgan fingerprint density at radius 2 is 1.86 bits per heavy atom. The zero-order valence-electron chi connectivity index (χ0n) is 17.0. The number of benzene rings is 2. The Hall–Kier alpha value is -2.40. The smallest absolute Gasteiger partial charge is 0.323 e. The predicted octanol–water partition coefficient (Wildman–Crippen LogP) is 3.51. The summed E-state index contributed by atoms with van der Waals surface area (Å²) in [6, 6.07) is 14.3. The van der Waals surface area contributed by atoms with Crippen molar-refractivity contribution in [2.45, 2.75) is 51.7 Å². The summed E-state index contributed by atoms with van der Waals surface area (Å²) >= 11 is 0. The fourth-order valence-electron chi connectivity index (χ4n) is 4.11. The summed E-state index contributed by atoms with van der Waals surface area (Å²) in [4.78, 5) is 26.9. The van der Waals surface area contributed by atoms with Crippen LogP contribution in [0.5, 0.6) is 0 Å². The number of hydrogen-bond acceptors (Lipinski definition) is 4. The molecule has 0 saturated carbocycles. The molecule has 0 radical (unpaired) electrons. The van der Waals surface area contributed by atoms with E-state index in [0.29, 0.717) is 19.5 Å². The van der Waals surface area contributed by atoms with Gasteiger partial charge in [-0.05, 0) is 41.7 Å². The lowest BCUT2D eigenvalue weighted by Gasteiger charge is -2.22. The minimum atomic E-state index is -0.330. The van der Waals surface area contributed by atoms with Crippen molar-refractivity contribution in [2.24, 2.45) is 5.92 Å². The van der Waals surface area contributed by atoms with Gasteiger partial charge in [0, 0.05) is 25.0 Å². The average molecular weight is 383 g/mol. The lowest BCUT2D eigenvalue weighted by molar-refractivity contribution is -0.146. The van der Waals surface area contributed by atoms with Crippen molar-refractivity contribution < 1.29 is 14.3 Å². The Bertz CT molecular complexity index is 831. The summed E-state index contributed by atoms with van der Waals surface area (Å²) in [6.45, 7) is 5.37. The van der Waals surface area contributed by atoms with Crippen molar-refractivity contribution in [1.29, 1.82) is 0 Å². The average Bonchev–Trinajstić information content (AvgIpc) is 3.10. The number of fused-ring (bicyclic) bond motifs is 1.